The SMILES string of the molecule is CC(C)N(CC(N)=O)S(=O)(=O)CCCCCl. The van der Waals surface area contributed by atoms with Crippen LogP contribution in [0.1, 0.15) is 26.7 Å². The molecule has 0 saturated heterocycles. The van der Waals surface area contributed by atoms with E-state index in [0.717, 1.165) is 4.31 Å². The number of alkyl halides is 1. The van der Waals surface area contributed by atoms with Gasteiger partial charge in [0.2, 0.25) is 15.9 Å². The van der Waals surface area contributed by atoms with E-state index < -0.39 is 15.9 Å². The standard InChI is InChI=1S/C9H19ClN2O3S/c1-8(2)12(7-9(11)13)16(14,15)6-4-3-5-10/h8H,3-7H2,1-2H3,(H2,11,13). The summed E-state index contributed by atoms with van der Waals surface area (Å²) in [5.41, 5.74) is 5.02. The van der Waals surface area contributed by atoms with Gasteiger partial charge in [-0.25, -0.2) is 8.42 Å². The molecule has 7 heteroatoms. The van der Waals surface area contributed by atoms with Crippen molar-refractivity contribution in [1.29, 1.82) is 0 Å². The maximum Gasteiger partial charge on any atom is 0.232 e. The summed E-state index contributed by atoms with van der Waals surface area (Å²) in [6.45, 7) is 3.16. The van der Waals surface area contributed by atoms with Crippen LogP contribution in [0.2, 0.25) is 0 Å². The van der Waals surface area contributed by atoms with Gasteiger partial charge in [0.25, 0.3) is 0 Å². The van der Waals surface area contributed by atoms with E-state index in [4.69, 9.17) is 17.3 Å². The Kier molecular flexibility index (Phi) is 6.94. The second-order valence-electron chi connectivity index (χ2n) is 3.82. The highest BCUT2D eigenvalue weighted by molar-refractivity contribution is 7.89. The molecule has 2 N–H and O–H groups in total. The van der Waals surface area contributed by atoms with E-state index in [1.807, 2.05) is 0 Å². The Hall–Kier alpha value is -0.330. The van der Waals surface area contributed by atoms with Gasteiger partial charge in [0.05, 0.1) is 12.3 Å². The maximum atomic E-state index is 11.9. The number of sulfonamides is 1. The molecule has 0 bridgehead atoms. The first-order valence-corrected chi connectivity index (χ1v) is 7.29. The summed E-state index contributed by atoms with van der Waals surface area (Å²) in [7, 11) is -3.42. The van der Waals surface area contributed by atoms with E-state index in [1.165, 1.54) is 0 Å². The molecule has 0 aliphatic heterocycles. The third kappa shape index (κ3) is 5.67. The Morgan fingerprint density at radius 3 is 2.31 bits per heavy atom. The lowest BCUT2D eigenvalue weighted by Crippen LogP contribution is -2.43. The smallest absolute Gasteiger partial charge is 0.232 e. The van der Waals surface area contributed by atoms with Crippen LogP contribution in [0, 0.1) is 0 Å². The topological polar surface area (TPSA) is 80.5 Å². The highest BCUT2D eigenvalue weighted by Gasteiger charge is 2.25. The van der Waals surface area contributed by atoms with Gasteiger partial charge >= 0.3 is 0 Å². The van der Waals surface area contributed by atoms with Crippen LogP contribution in [0.5, 0.6) is 0 Å². The van der Waals surface area contributed by atoms with E-state index in [-0.39, 0.29) is 18.3 Å². The molecule has 16 heavy (non-hydrogen) atoms. The highest BCUT2D eigenvalue weighted by atomic mass is 35.5. The molecule has 0 unspecified atom stereocenters. The van der Waals surface area contributed by atoms with Crippen molar-refractivity contribution < 1.29 is 13.2 Å². The lowest BCUT2D eigenvalue weighted by molar-refractivity contribution is -0.118. The second kappa shape index (κ2) is 7.09. The molecular weight excluding hydrogens is 252 g/mol. The molecule has 0 aliphatic rings. The Morgan fingerprint density at radius 2 is 1.94 bits per heavy atom. The number of nitrogens with zero attached hydrogens (tertiary/aromatic N) is 1. The van der Waals surface area contributed by atoms with Gasteiger partial charge in [-0.15, -0.1) is 11.6 Å². The van der Waals surface area contributed by atoms with Crippen molar-refractivity contribution in [1.82, 2.24) is 4.31 Å². The van der Waals surface area contributed by atoms with Crippen molar-refractivity contribution in [3.05, 3.63) is 0 Å². The number of unbranched alkanes of at least 4 members (excludes halogenated alkanes) is 1. The first-order chi connectivity index (χ1) is 7.31. The average molecular weight is 271 g/mol. The summed E-state index contributed by atoms with van der Waals surface area (Å²) in [6, 6.07) is -0.270. The minimum absolute atomic E-state index is 0.00514. The molecule has 0 radical (unpaired) electrons. The highest BCUT2D eigenvalue weighted by Crippen LogP contribution is 2.09. The maximum absolute atomic E-state index is 11.9. The third-order valence-corrected chi connectivity index (χ3v) is 4.37. The molecule has 0 spiro atoms. The van der Waals surface area contributed by atoms with Gasteiger partial charge in [-0.1, -0.05) is 0 Å². The van der Waals surface area contributed by atoms with E-state index in [9.17, 15) is 13.2 Å². The monoisotopic (exact) mass is 270 g/mol. The molecule has 0 aromatic heterocycles. The molecule has 0 saturated carbocycles. The van der Waals surface area contributed by atoms with Crippen molar-refractivity contribution in [2.24, 2.45) is 5.73 Å². The zero-order valence-electron chi connectivity index (χ0n) is 9.65. The van der Waals surface area contributed by atoms with Gasteiger partial charge in [-0.05, 0) is 26.7 Å². The summed E-state index contributed by atoms with van der Waals surface area (Å²) in [5, 5.41) is 0. The molecule has 0 aromatic carbocycles. The van der Waals surface area contributed by atoms with Crippen LogP contribution < -0.4 is 5.73 Å². The van der Waals surface area contributed by atoms with E-state index >= 15 is 0 Å². The Labute approximate surface area is 102 Å². The van der Waals surface area contributed by atoms with Crippen LogP contribution in [0.25, 0.3) is 0 Å². The van der Waals surface area contributed by atoms with Gasteiger partial charge < -0.3 is 5.73 Å². The van der Waals surface area contributed by atoms with Crippen molar-refractivity contribution in [3.63, 3.8) is 0 Å². The molecule has 5 nitrogen and oxygen atoms in total. The number of carbonyl (C=O) groups excluding carboxylic acids is 1. The Morgan fingerprint density at radius 1 is 1.38 bits per heavy atom. The van der Waals surface area contributed by atoms with Crippen LogP contribution in [0.3, 0.4) is 0 Å². The molecule has 0 aromatic rings. The van der Waals surface area contributed by atoms with Crippen molar-refractivity contribution in [2.45, 2.75) is 32.7 Å². The molecule has 0 atom stereocenters. The summed E-state index contributed by atoms with van der Waals surface area (Å²) >= 11 is 5.47. The first-order valence-electron chi connectivity index (χ1n) is 5.15. The van der Waals surface area contributed by atoms with Crippen LogP contribution in [0.15, 0.2) is 0 Å². The van der Waals surface area contributed by atoms with Gasteiger partial charge in [0, 0.05) is 11.9 Å². The quantitative estimate of drug-likeness (QED) is 0.516. The zero-order chi connectivity index (χ0) is 12.8. The molecule has 0 aliphatic carbocycles. The fourth-order valence-corrected chi connectivity index (χ4v) is 3.21. The van der Waals surface area contributed by atoms with Gasteiger partial charge in [-0.2, -0.15) is 4.31 Å². The predicted molar refractivity (Wildman–Crippen MR) is 64.8 cm³/mol. The summed E-state index contributed by atoms with van der Waals surface area (Å²) in [6.07, 6.45) is 1.14. The normalized spacial score (nSPS) is 12.3. The van der Waals surface area contributed by atoms with Crippen LogP contribution in [-0.4, -0.2) is 42.8 Å². The summed E-state index contributed by atoms with van der Waals surface area (Å²) in [4.78, 5) is 10.8. The molecule has 96 valence electrons. The average Bonchev–Trinajstić information content (AvgIpc) is 2.13. The first kappa shape index (κ1) is 15.7. The van der Waals surface area contributed by atoms with E-state index in [2.05, 4.69) is 0 Å². The lowest BCUT2D eigenvalue weighted by Gasteiger charge is -2.24. The van der Waals surface area contributed by atoms with E-state index in [0.29, 0.717) is 18.7 Å². The molecular formula is C9H19ClN2O3S. The number of rotatable bonds is 8. The number of hydrogen-bond donors (Lipinski definition) is 1. The van der Waals surface area contributed by atoms with Crippen molar-refractivity contribution >= 4 is 27.5 Å². The molecule has 1 amide bonds. The van der Waals surface area contributed by atoms with Crippen molar-refractivity contribution in [3.8, 4) is 0 Å². The largest absolute Gasteiger partial charge is 0.369 e. The molecule has 0 heterocycles. The number of halogens is 1. The Balaban J connectivity index is 4.57. The zero-order valence-corrected chi connectivity index (χ0v) is 11.2. The third-order valence-electron chi connectivity index (χ3n) is 2.03. The fraction of sp³-hybridized carbons (Fsp3) is 0.889. The number of carbonyl (C=O) groups is 1. The summed E-state index contributed by atoms with van der Waals surface area (Å²) < 4.78 is 24.8. The van der Waals surface area contributed by atoms with E-state index in [1.54, 1.807) is 13.8 Å². The van der Waals surface area contributed by atoms with Crippen LogP contribution >= 0.6 is 11.6 Å². The van der Waals surface area contributed by atoms with Crippen LogP contribution in [0.4, 0.5) is 0 Å². The minimum Gasteiger partial charge on any atom is -0.369 e. The lowest BCUT2D eigenvalue weighted by atomic mass is 10.4. The number of nitrogens with two attached hydrogens (primary N) is 1. The second-order valence-corrected chi connectivity index (χ2v) is 6.24. The van der Waals surface area contributed by atoms with Crippen molar-refractivity contribution in [2.75, 3.05) is 18.2 Å². The number of amides is 1. The predicted octanol–water partition coefficient (Wildman–Crippen LogP) is 0.531. The fourth-order valence-electron chi connectivity index (χ4n) is 1.25. The summed E-state index contributed by atoms with van der Waals surface area (Å²) in [5.74, 6) is -0.201. The minimum atomic E-state index is -3.42. The Bertz CT molecular complexity index is 317. The van der Waals surface area contributed by atoms with Gasteiger partial charge in [0.1, 0.15) is 0 Å². The number of primary amides is 1. The molecule has 0 rings (SSSR count). The number of hydrogen-bond acceptors (Lipinski definition) is 3. The van der Waals surface area contributed by atoms with Crippen LogP contribution in [-0.2, 0) is 14.8 Å². The van der Waals surface area contributed by atoms with Gasteiger partial charge in [0.15, 0.2) is 0 Å². The molecule has 0 fully saturated rings. The van der Waals surface area contributed by atoms with Gasteiger partial charge in [-0.3, -0.25) is 4.79 Å².